The van der Waals surface area contributed by atoms with Crippen molar-refractivity contribution < 1.29 is 19.0 Å². The largest absolute Gasteiger partial charge is 0.483 e. The molecule has 142 valence electrons. The topological polar surface area (TPSA) is 69.2 Å². The second-order valence-corrected chi connectivity index (χ2v) is 7.36. The second-order valence-electron chi connectivity index (χ2n) is 6.50. The first-order valence-electron chi connectivity index (χ1n) is 8.58. The van der Waals surface area contributed by atoms with Gasteiger partial charge in [0.15, 0.2) is 18.1 Å². The first-order chi connectivity index (χ1) is 12.9. The molecule has 1 aliphatic rings. The van der Waals surface area contributed by atoms with Crippen LogP contribution in [0, 0.1) is 6.92 Å². The smallest absolute Gasteiger partial charge is 0.277 e. The Balaban J connectivity index is 1.58. The molecule has 3 rings (SSSR count). The van der Waals surface area contributed by atoms with Crippen LogP contribution in [-0.2, 0) is 4.79 Å². The fraction of sp³-hybridized carbons (Fsp3) is 0.300. The standard InChI is InChI=1S/C20H21BrN2O4/c1-12(2)15-5-4-13(3)6-17(15)25-10-20(24)23-22-9-14-7-18-19(8-16(14)21)27-11-26-18/h4-9,12H,10-11H2,1-3H3,(H,23,24)/b22-9+. The van der Waals surface area contributed by atoms with E-state index < -0.39 is 0 Å². The van der Waals surface area contributed by atoms with Crippen molar-refractivity contribution in [1.82, 2.24) is 5.43 Å². The predicted octanol–water partition coefficient (Wildman–Crippen LogP) is 4.14. The van der Waals surface area contributed by atoms with Crippen molar-refractivity contribution in [3.8, 4) is 17.2 Å². The molecule has 0 aromatic heterocycles. The molecule has 27 heavy (non-hydrogen) atoms. The summed E-state index contributed by atoms with van der Waals surface area (Å²) in [5, 5.41) is 3.98. The summed E-state index contributed by atoms with van der Waals surface area (Å²) >= 11 is 3.44. The Hall–Kier alpha value is -2.54. The summed E-state index contributed by atoms with van der Waals surface area (Å²) in [5.74, 6) is 2.03. The van der Waals surface area contributed by atoms with E-state index in [1.54, 1.807) is 12.1 Å². The molecule has 2 aromatic rings. The van der Waals surface area contributed by atoms with E-state index in [1.807, 2.05) is 25.1 Å². The molecule has 1 N–H and O–H groups in total. The van der Waals surface area contributed by atoms with Crippen molar-refractivity contribution in [3.05, 3.63) is 51.5 Å². The zero-order chi connectivity index (χ0) is 19.4. The maximum atomic E-state index is 12.0. The van der Waals surface area contributed by atoms with Crippen molar-refractivity contribution in [2.75, 3.05) is 13.4 Å². The van der Waals surface area contributed by atoms with E-state index in [9.17, 15) is 4.79 Å². The highest BCUT2D eigenvalue weighted by atomic mass is 79.9. The average Bonchev–Trinajstić information content (AvgIpc) is 3.07. The Labute approximate surface area is 166 Å². The molecule has 0 bridgehead atoms. The summed E-state index contributed by atoms with van der Waals surface area (Å²) in [4.78, 5) is 12.0. The molecule has 6 nitrogen and oxygen atoms in total. The van der Waals surface area contributed by atoms with Gasteiger partial charge in [-0.2, -0.15) is 5.10 Å². The summed E-state index contributed by atoms with van der Waals surface area (Å²) in [5.41, 5.74) is 5.39. The summed E-state index contributed by atoms with van der Waals surface area (Å²) in [6, 6.07) is 9.61. The monoisotopic (exact) mass is 432 g/mol. The summed E-state index contributed by atoms with van der Waals surface area (Å²) in [6.45, 7) is 6.26. The Bertz CT molecular complexity index is 881. The lowest BCUT2D eigenvalue weighted by Crippen LogP contribution is -2.25. The minimum atomic E-state index is -0.334. The number of hydrogen-bond donors (Lipinski definition) is 1. The van der Waals surface area contributed by atoms with Gasteiger partial charge in [0.05, 0.1) is 6.21 Å². The average molecular weight is 433 g/mol. The lowest BCUT2D eigenvalue weighted by molar-refractivity contribution is -0.123. The van der Waals surface area contributed by atoms with Crippen LogP contribution in [0.5, 0.6) is 17.2 Å². The maximum absolute atomic E-state index is 12.0. The molecule has 0 saturated heterocycles. The van der Waals surface area contributed by atoms with Crippen LogP contribution in [0.2, 0.25) is 0 Å². The number of halogens is 1. The van der Waals surface area contributed by atoms with E-state index in [2.05, 4.69) is 40.3 Å². The van der Waals surface area contributed by atoms with Gasteiger partial charge < -0.3 is 14.2 Å². The molecule has 1 heterocycles. The number of fused-ring (bicyclic) bond motifs is 1. The number of nitrogens with one attached hydrogen (secondary N) is 1. The fourth-order valence-corrected chi connectivity index (χ4v) is 3.05. The molecule has 0 unspecified atom stereocenters. The lowest BCUT2D eigenvalue weighted by atomic mass is 10.0. The van der Waals surface area contributed by atoms with Gasteiger partial charge >= 0.3 is 0 Å². The van der Waals surface area contributed by atoms with Crippen LogP contribution >= 0.6 is 15.9 Å². The molecular weight excluding hydrogens is 412 g/mol. The van der Waals surface area contributed by atoms with Crippen LogP contribution in [0.25, 0.3) is 0 Å². The van der Waals surface area contributed by atoms with Gasteiger partial charge in [0.2, 0.25) is 6.79 Å². The number of carbonyl (C=O) groups is 1. The number of hydrogen-bond acceptors (Lipinski definition) is 5. The first-order valence-corrected chi connectivity index (χ1v) is 9.37. The molecular formula is C20H21BrN2O4. The van der Waals surface area contributed by atoms with Crippen molar-refractivity contribution in [3.63, 3.8) is 0 Å². The Kier molecular flexibility index (Phi) is 6.01. The number of hydrazone groups is 1. The number of ether oxygens (including phenoxy) is 3. The molecule has 7 heteroatoms. The third-order valence-corrected chi connectivity index (χ3v) is 4.72. The first kappa shape index (κ1) is 19.2. The Morgan fingerprint density at radius 3 is 2.78 bits per heavy atom. The highest BCUT2D eigenvalue weighted by molar-refractivity contribution is 9.10. The van der Waals surface area contributed by atoms with Gasteiger partial charge in [0.1, 0.15) is 5.75 Å². The van der Waals surface area contributed by atoms with Crippen LogP contribution in [-0.4, -0.2) is 25.5 Å². The van der Waals surface area contributed by atoms with Crippen molar-refractivity contribution in [2.24, 2.45) is 5.10 Å². The number of benzene rings is 2. The number of rotatable bonds is 6. The summed E-state index contributed by atoms with van der Waals surface area (Å²) in [7, 11) is 0. The Morgan fingerprint density at radius 1 is 1.30 bits per heavy atom. The van der Waals surface area contributed by atoms with Crippen LogP contribution in [0.15, 0.2) is 39.9 Å². The molecule has 0 saturated carbocycles. The molecule has 0 aliphatic carbocycles. The van der Waals surface area contributed by atoms with Crippen LogP contribution in [0.4, 0.5) is 0 Å². The van der Waals surface area contributed by atoms with E-state index in [0.29, 0.717) is 17.4 Å². The van der Waals surface area contributed by atoms with Crippen LogP contribution < -0.4 is 19.6 Å². The van der Waals surface area contributed by atoms with E-state index in [-0.39, 0.29) is 19.3 Å². The third-order valence-electron chi connectivity index (χ3n) is 4.03. The van der Waals surface area contributed by atoms with Gasteiger partial charge in [-0.3, -0.25) is 4.79 Å². The number of nitrogens with zero attached hydrogens (tertiary/aromatic N) is 1. The molecule has 0 radical (unpaired) electrons. The highest BCUT2D eigenvalue weighted by Crippen LogP contribution is 2.36. The molecule has 1 amide bonds. The molecule has 1 aliphatic heterocycles. The lowest BCUT2D eigenvalue weighted by Gasteiger charge is -2.14. The zero-order valence-electron chi connectivity index (χ0n) is 15.4. The van der Waals surface area contributed by atoms with Crippen molar-refractivity contribution in [1.29, 1.82) is 0 Å². The zero-order valence-corrected chi connectivity index (χ0v) is 17.0. The Morgan fingerprint density at radius 2 is 2.04 bits per heavy atom. The summed E-state index contributed by atoms with van der Waals surface area (Å²) < 4.78 is 17.1. The van der Waals surface area contributed by atoms with E-state index in [0.717, 1.165) is 26.9 Å². The minimum absolute atomic E-state index is 0.108. The minimum Gasteiger partial charge on any atom is -0.483 e. The van der Waals surface area contributed by atoms with Gasteiger partial charge in [-0.05, 0) is 58.1 Å². The molecule has 0 atom stereocenters. The fourth-order valence-electron chi connectivity index (χ4n) is 2.62. The quantitative estimate of drug-likeness (QED) is 0.549. The molecule has 0 fully saturated rings. The number of carbonyl (C=O) groups excluding carboxylic acids is 1. The van der Waals surface area contributed by atoms with E-state index in [4.69, 9.17) is 14.2 Å². The van der Waals surface area contributed by atoms with Gasteiger partial charge in [-0.15, -0.1) is 0 Å². The van der Waals surface area contributed by atoms with Crippen molar-refractivity contribution >= 4 is 28.1 Å². The van der Waals surface area contributed by atoms with Crippen LogP contribution in [0.3, 0.4) is 0 Å². The normalized spacial score (nSPS) is 12.6. The summed E-state index contributed by atoms with van der Waals surface area (Å²) in [6.07, 6.45) is 1.54. The van der Waals surface area contributed by atoms with E-state index in [1.165, 1.54) is 6.21 Å². The molecule has 0 spiro atoms. The predicted molar refractivity (Wildman–Crippen MR) is 107 cm³/mol. The van der Waals surface area contributed by atoms with Crippen LogP contribution in [0.1, 0.15) is 36.5 Å². The van der Waals surface area contributed by atoms with Gasteiger partial charge in [-0.1, -0.05) is 26.0 Å². The third kappa shape index (κ3) is 4.80. The second kappa shape index (κ2) is 8.43. The SMILES string of the molecule is Cc1ccc(C(C)C)c(OCC(=O)N/N=C/c2cc3c(cc2Br)OCO3)c1. The van der Waals surface area contributed by atoms with Crippen molar-refractivity contribution in [2.45, 2.75) is 26.7 Å². The van der Waals surface area contributed by atoms with E-state index >= 15 is 0 Å². The molecule has 2 aromatic carbocycles. The number of aryl methyl sites for hydroxylation is 1. The van der Waals surface area contributed by atoms with Gasteiger partial charge in [0, 0.05) is 10.0 Å². The maximum Gasteiger partial charge on any atom is 0.277 e. The van der Waals surface area contributed by atoms with Gasteiger partial charge in [0.25, 0.3) is 5.91 Å². The van der Waals surface area contributed by atoms with Gasteiger partial charge in [-0.25, -0.2) is 5.43 Å². The number of amides is 1. The highest BCUT2D eigenvalue weighted by Gasteiger charge is 2.15.